The average Bonchev–Trinajstić information content (AvgIpc) is 2.82. The van der Waals surface area contributed by atoms with Crippen molar-refractivity contribution < 1.29 is 38.0 Å². The van der Waals surface area contributed by atoms with Crippen molar-refractivity contribution in [3.8, 4) is 11.5 Å². The third-order valence-electron chi connectivity index (χ3n) is 4.24. The number of methoxy groups -OCH3 is 2. The van der Waals surface area contributed by atoms with E-state index in [2.05, 4.69) is 0 Å². The van der Waals surface area contributed by atoms with E-state index < -0.39 is 0 Å². The molecule has 0 bridgehead atoms. The first-order chi connectivity index (χ1) is 15.9. The van der Waals surface area contributed by atoms with Gasteiger partial charge in [-0.3, -0.25) is 9.59 Å². The van der Waals surface area contributed by atoms with E-state index in [1.54, 1.807) is 34.1 Å². The molecular weight excluding hydrogens is 440 g/mol. The Kier molecular flexibility index (Phi) is 16.7. The highest BCUT2D eigenvalue weighted by atomic mass is 16.7. The van der Waals surface area contributed by atoms with Gasteiger partial charge in [0.25, 0.3) is 0 Å². The van der Waals surface area contributed by atoms with Crippen LogP contribution in [0.1, 0.15) is 45.2 Å². The number of hydrogen-bond acceptors (Lipinski definition) is 8. The number of benzene rings is 2. The van der Waals surface area contributed by atoms with E-state index in [0.717, 1.165) is 11.1 Å². The van der Waals surface area contributed by atoms with Crippen LogP contribution in [0.4, 0.5) is 0 Å². The minimum atomic E-state index is -0.291. The largest absolute Gasteiger partial charge is 0.468 e. The van der Waals surface area contributed by atoms with Crippen LogP contribution in [0.3, 0.4) is 0 Å². The zero-order valence-electron chi connectivity index (χ0n) is 20.0. The molecule has 2 aromatic rings. The molecule has 1 atom stereocenters. The van der Waals surface area contributed by atoms with Crippen LogP contribution in [0.25, 0.3) is 0 Å². The molecular formula is C26H38O8. The Morgan fingerprint density at radius 2 is 1.38 bits per heavy atom. The second kappa shape index (κ2) is 18.3. The normalized spacial score (nSPS) is 10.6. The fraction of sp³-hybridized carbons (Fsp3) is 0.462. The zero-order chi connectivity index (χ0) is 24.5. The summed E-state index contributed by atoms with van der Waals surface area (Å²) in [4.78, 5) is 22.8. The number of carbonyl (C=O) groups is 2. The van der Waals surface area contributed by atoms with Crippen LogP contribution in [0.5, 0.6) is 11.5 Å². The molecule has 0 aliphatic carbocycles. The van der Waals surface area contributed by atoms with E-state index >= 15 is 0 Å². The molecule has 0 aliphatic heterocycles. The van der Waals surface area contributed by atoms with E-state index in [0.29, 0.717) is 24.7 Å². The molecule has 0 saturated carbocycles. The first-order valence-corrected chi connectivity index (χ1v) is 10.7. The van der Waals surface area contributed by atoms with Crippen LogP contribution >= 0.6 is 0 Å². The molecule has 0 aromatic heterocycles. The van der Waals surface area contributed by atoms with E-state index in [-0.39, 0.29) is 45.3 Å². The van der Waals surface area contributed by atoms with Gasteiger partial charge in [-0.05, 0) is 56.2 Å². The molecule has 1 unspecified atom stereocenters. The Morgan fingerprint density at radius 3 is 1.94 bits per heavy atom. The summed E-state index contributed by atoms with van der Waals surface area (Å²) in [5.74, 6) is 0.618. The highest BCUT2D eigenvalue weighted by Crippen LogP contribution is 2.22. The molecule has 8 heteroatoms. The number of esters is 2. The lowest BCUT2D eigenvalue weighted by Crippen LogP contribution is -2.13. The molecule has 0 amide bonds. The Labute approximate surface area is 203 Å². The van der Waals surface area contributed by atoms with E-state index in [1.165, 1.54) is 0 Å². The molecule has 8 nitrogen and oxygen atoms in total. The van der Waals surface area contributed by atoms with Crippen molar-refractivity contribution in [2.24, 2.45) is 0 Å². The van der Waals surface area contributed by atoms with Gasteiger partial charge >= 0.3 is 11.9 Å². The maximum absolute atomic E-state index is 11.6. The molecule has 0 spiro atoms. The summed E-state index contributed by atoms with van der Waals surface area (Å²) in [7, 11) is 3.12. The summed E-state index contributed by atoms with van der Waals surface area (Å²) >= 11 is 0. The van der Waals surface area contributed by atoms with Crippen molar-refractivity contribution >= 4 is 11.9 Å². The Balaban J connectivity index is 0.000000623. The standard InChI is InChI=1S/C13H18O4.C12H16O4.CH4/c1-4-16-13(14)10(2)11-6-5-7-12(8-11)17-9-15-3;1-3-15-12(13)8-10-5-4-6-11(7-10)16-9-14-2;/h5-8,10H,4,9H2,1-3H3;4-7H,3,8-9H2,1-2H3;1H4. The predicted molar refractivity (Wildman–Crippen MR) is 130 cm³/mol. The third kappa shape index (κ3) is 12.2. The highest BCUT2D eigenvalue weighted by molar-refractivity contribution is 5.77. The van der Waals surface area contributed by atoms with Crippen molar-refractivity contribution in [2.75, 3.05) is 41.0 Å². The quantitative estimate of drug-likeness (QED) is 0.319. The topological polar surface area (TPSA) is 89.5 Å². The molecule has 190 valence electrons. The van der Waals surface area contributed by atoms with Gasteiger partial charge in [-0.25, -0.2) is 0 Å². The zero-order valence-corrected chi connectivity index (χ0v) is 20.0. The van der Waals surface area contributed by atoms with Crippen LogP contribution in [-0.2, 0) is 35.0 Å². The van der Waals surface area contributed by atoms with Crippen molar-refractivity contribution in [3.05, 3.63) is 59.7 Å². The van der Waals surface area contributed by atoms with Gasteiger partial charge in [-0.15, -0.1) is 0 Å². The molecule has 0 saturated heterocycles. The van der Waals surface area contributed by atoms with Gasteiger partial charge in [0.15, 0.2) is 13.6 Å². The SMILES string of the molecule is C.CCOC(=O)C(C)c1cccc(OCOC)c1.CCOC(=O)Cc1cccc(OCOC)c1. The maximum Gasteiger partial charge on any atom is 0.313 e. The molecule has 2 rings (SSSR count). The van der Waals surface area contributed by atoms with Crippen LogP contribution in [0.2, 0.25) is 0 Å². The van der Waals surface area contributed by atoms with Crippen molar-refractivity contribution in [3.63, 3.8) is 0 Å². The molecule has 2 aromatic carbocycles. The van der Waals surface area contributed by atoms with Crippen LogP contribution in [0.15, 0.2) is 48.5 Å². The van der Waals surface area contributed by atoms with Crippen molar-refractivity contribution in [2.45, 2.75) is 40.5 Å². The van der Waals surface area contributed by atoms with E-state index in [4.69, 9.17) is 28.4 Å². The lowest BCUT2D eigenvalue weighted by Gasteiger charge is -2.12. The molecule has 0 heterocycles. The Hall–Kier alpha value is -3.10. The monoisotopic (exact) mass is 478 g/mol. The fourth-order valence-electron chi connectivity index (χ4n) is 2.65. The van der Waals surface area contributed by atoms with Gasteiger partial charge in [0, 0.05) is 14.2 Å². The molecule has 0 radical (unpaired) electrons. The van der Waals surface area contributed by atoms with E-state index in [1.807, 2.05) is 49.4 Å². The van der Waals surface area contributed by atoms with Gasteiger partial charge in [-0.2, -0.15) is 0 Å². The van der Waals surface area contributed by atoms with Gasteiger partial charge < -0.3 is 28.4 Å². The molecule has 0 fully saturated rings. The van der Waals surface area contributed by atoms with Gasteiger partial charge in [-0.1, -0.05) is 31.7 Å². The van der Waals surface area contributed by atoms with Gasteiger partial charge in [0.05, 0.1) is 25.6 Å². The number of ether oxygens (including phenoxy) is 6. The summed E-state index contributed by atoms with van der Waals surface area (Å²) < 4.78 is 30.0. The lowest BCUT2D eigenvalue weighted by molar-refractivity contribution is -0.144. The number of carbonyl (C=O) groups excluding carboxylic acids is 2. The first-order valence-electron chi connectivity index (χ1n) is 10.7. The van der Waals surface area contributed by atoms with Crippen LogP contribution in [0, 0.1) is 0 Å². The van der Waals surface area contributed by atoms with Crippen LogP contribution < -0.4 is 9.47 Å². The second-order valence-corrected chi connectivity index (χ2v) is 6.78. The summed E-state index contributed by atoms with van der Waals surface area (Å²) in [6.07, 6.45) is 0.262. The highest BCUT2D eigenvalue weighted by Gasteiger charge is 2.16. The van der Waals surface area contributed by atoms with Crippen LogP contribution in [-0.4, -0.2) is 53.0 Å². The smallest absolute Gasteiger partial charge is 0.313 e. The minimum Gasteiger partial charge on any atom is -0.468 e. The molecule has 0 N–H and O–H groups in total. The Bertz CT molecular complexity index is 837. The van der Waals surface area contributed by atoms with Crippen molar-refractivity contribution in [1.29, 1.82) is 0 Å². The Morgan fingerprint density at radius 1 is 0.824 bits per heavy atom. The minimum absolute atomic E-state index is 0. The average molecular weight is 479 g/mol. The number of rotatable bonds is 12. The predicted octanol–water partition coefficient (Wildman–Crippen LogP) is 4.75. The maximum atomic E-state index is 11.6. The summed E-state index contributed by atoms with van der Waals surface area (Å²) in [6.45, 7) is 6.58. The van der Waals surface area contributed by atoms with E-state index in [9.17, 15) is 9.59 Å². The first kappa shape index (κ1) is 30.9. The molecule has 0 aliphatic rings. The van der Waals surface area contributed by atoms with Crippen molar-refractivity contribution in [1.82, 2.24) is 0 Å². The second-order valence-electron chi connectivity index (χ2n) is 6.78. The summed E-state index contributed by atoms with van der Waals surface area (Å²) in [5, 5.41) is 0. The summed E-state index contributed by atoms with van der Waals surface area (Å²) in [5.41, 5.74) is 1.74. The summed E-state index contributed by atoms with van der Waals surface area (Å²) in [6, 6.07) is 14.7. The van der Waals surface area contributed by atoms with Gasteiger partial charge in [0.1, 0.15) is 11.5 Å². The lowest BCUT2D eigenvalue weighted by atomic mass is 10.0. The third-order valence-corrected chi connectivity index (χ3v) is 4.24. The van der Waals surface area contributed by atoms with Gasteiger partial charge in [0.2, 0.25) is 0 Å². The number of hydrogen-bond donors (Lipinski definition) is 0. The molecule has 34 heavy (non-hydrogen) atoms. The fourth-order valence-corrected chi connectivity index (χ4v) is 2.65.